The minimum atomic E-state index is -2.81. The fourth-order valence-corrected chi connectivity index (χ4v) is 6.59. The Morgan fingerprint density at radius 1 is 1.17 bits per heavy atom. The van der Waals surface area contributed by atoms with Crippen molar-refractivity contribution in [3.8, 4) is 5.75 Å². The van der Waals surface area contributed by atoms with E-state index in [0.717, 1.165) is 12.4 Å². The number of aliphatic hydroxyl groups is 1. The Hall–Kier alpha value is -4.56. The van der Waals surface area contributed by atoms with Gasteiger partial charge in [0.25, 0.3) is 11.5 Å². The van der Waals surface area contributed by atoms with E-state index in [4.69, 9.17) is 5.73 Å². The molecule has 0 bridgehead atoms. The number of carbonyl (C=O) groups is 6. The van der Waals surface area contributed by atoms with Gasteiger partial charge in [-0.3, -0.25) is 38.5 Å². The molecule has 14 heteroatoms. The molecule has 3 aliphatic carbocycles. The van der Waals surface area contributed by atoms with Crippen molar-refractivity contribution in [2.45, 2.75) is 31.0 Å². The maximum absolute atomic E-state index is 13.8. The molecule has 0 saturated heterocycles. The minimum Gasteiger partial charge on any atom is -0.507 e. The van der Waals surface area contributed by atoms with Crippen molar-refractivity contribution < 1.29 is 39.0 Å². The molecule has 3 unspecified atom stereocenters. The fraction of sp³-hybridized carbons (Fsp3) is 0.407. The lowest BCUT2D eigenvalue weighted by molar-refractivity contribution is -0.181. The Morgan fingerprint density at radius 3 is 2.51 bits per heavy atom. The quantitative estimate of drug-likeness (QED) is 0.246. The van der Waals surface area contributed by atoms with E-state index in [0.29, 0.717) is 11.1 Å². The van der Waals surface area contributed by atoms with Crippen LogP contribution in [0.2, 0.25) is 0 Å². The summed E-state index contributed by atoms with van der Waals surface area (Å²) in [6.07, 6.45) is 1.03. The van der Waals surface area contributed by atoms with E-state index < -0.39 is 81.6 Å². The van der Waals surface area contributed by atoms with Crippen molar-refractivity contribution in [1.29, 1.82) is 0 Å². The molecule has 3 aliphatic rings. The Labute approximate surface area is 231 Å². The van der Waals surface area contributed by atoms with E-state index >= 15 is 0 Å². The summed E-state index contributed by atoms with van der Waals surface area (Å²) in [5.41, 5.74) is 2.48. The Balaban J connectivity index is 1.52. The lowest BCUT2D eigenvalue weighted by Gasteiger charge is -2.52. The molecule has 2 amide bonds. The van der Waals surface area contributed by atoms with E-state index in [1.54, 1.807) is 0 Å². The van der Waals surface area contributed by atoms with Crippen LogP contribution in [-0.2, 0) is 32.1 Å². The van der Waals surface area contributed by atoms with Gasteiger partial charge in [-0.1, -0.05) is 6.07 Å². The number of rotatable bonds is 5. The van der Waals surface area contributed by atoms with Gasteiger partial charge in [-0.2, -0.15) is 0 Å². The second kappa shape index (κ2) is 9.82. The number of primary amides is 1. The summed E-state index contributed by atoms with van der Waals surface area (Å²) >= 11 is 0. The number of nitrogens with one attached hydrogen (secondary N) is 2. The molecule has 2 aromatic rings. The third-order valence-electron chi connectivity index (χ3n) is 8.39. The minimum absolute atomic E-state index is 0.0503. The number of hydrogen-bond donors (Lipinski definition) is 5. The molecule has 14 nitrogen and oxygen atoms in total. The summed E-state index contributed by atoms with van der Waals surface area (Å²) in [4.78, 5) is 97.7. The summed E-state index contributed by atoms with van der Waals surface area (Å²) in [6, 6.07) is 2.54. The lowest BCUT2D eigenvalue weighted by Crippen LogP contribution is -2.74. The van der Waals surface area contributed by atoms with Gasteiger partial charge in [-0.05, 0) is 50.0 Å². The first kappa shape index (κ1) is 28.0. The molecule has 2 fully saturated rings. The number of amides is 2. The highest BCUT2D eigenvalue weighted by Gasteiger charge is 2.69. The highest BCUT2D eigenvalue weighted by atomic mass is 16.3. The second-order valence-corrected chi connectivity index (χ2v) is 10.9. The predicted molar refractivity (Wildman–Crippen MR) is 137 cm³/mol. The van der Waals surface area contributed by atoms with Crippen LogP contribution in [-0.4, -0.2) is 85.8 Å². The monoisotopic (exact) mass is 565 g/mol. The van der Waals surface area contributed by atoms with Crippen LogP contribution in [0, 0.1) is 23.7 Å². The number of H-pyrrole nitrogens is 1. The van der Waals surface area contributed by atoms with Crippen molar-refractivity contribution in [2.75, 3.05) is 14.1 Å². The predicted octanol–water partition coefficient (Wildman–Crippen LogP) is -2.12. The zero-order chi connectivity index (χ0) is 30.0. The number of ketones is 4. The van der Waals surface area contributed by atoms with Crippen molar-refractivity contribution >= 4 is 34.9 Å². The van der Waals surface area contributed by atoms with Gasteiger partial charge >= 0.3 is 0 Å². The maximum atomic E-state index is 13.8. The first-order valence-corrected chi connectivity index (χ1v) is 12.8. The summed E-state index contributed by atoms with van der Waals surface area (Å²) < 4.78 is 0. The fourth-order valence-electron chi connectivity index (χ4n) is 6.59. The van der Waals surface area contributed by atoms with Gasteiger partial charge in [0.1, 0.15) is 11.4 Å². The van der Waals surface area contributed by atoms with E-state index in [9.17, 15) is 43.8 Å². The first-order valence-electron chi connectivity index (χ1n) is 12.8. The molecule has 1 aromatic carbocycles. The van der Waals surface area contributed by atoms with Crippen LogP contribution in [0.25, 0.3) is 0 Å². The first-order chi connectivity index (χ1) is 19.3. The van der Waals surface area contributed by atoms with Crippen LogP contribution in [0.15, 0.2) is 29.3 Å². The van der Waals surface area contributed by atoms with E-state index in [2.05, 4.69) is 15.3 Å². The van der Waals surface area contributed by atoms with Gasteiger partial charge < -0.3 is 26.2 Å². The highest BCUT2D eigenvalue weighted by molar-refractivity contribution is 6.32. The molecule has 5 rings (SSSR count). The van der Waals surface area contributed by atoms with E-state index in [1.165, 1.54) is 31.1 Å². The van der Waals surface area contributed by atoms with Crippen LogP contribution in [0.3, 0.4) is 0 Å². The number of aromatic amines is 1. The molecular weight excluding hydrogens is 538 g/mol. The maximum Gasteiger partial charge on any atom is 0.270 e. The Bertz CT molecular complexity index is 1600. The van der Waals surface area contributed by atoms with Gasteiger partial charge in [0.15, 0.2) is 34.7 Å². The summed E-state index contributed by atoms with van der Waals surface area (Å²) in [5, 5.41) is 24.8. The highest BCUT2D eigenvalue weighted by Crippen LogP contribution is 2.51. The Kier molecular flexibility index (Phi) is 6.70. The molecule has 1 aromatic heterocycles. The number of nitrogens with zero attached hydrogens (tertiary/aromatic N) is 2. The van der Waals surface area contributed by atoms with Gasteiger partial charge in [-0.25, -0.2) is 4.98 Å². The molecular formula is C27H27N5O9. The normalized spacial score (nSPS) is 29.0. The smallest absolute Gasteiger partial charge is 0.270 e. The number of aromatic hydroxyl groups is 1. The number of fused-ring (bicyclic) bond motifs is 3. The molecule has 6 atom stereocenters. The standard InChI is InChI=1S/C27H27N5O9/c1-32(2)20-13-6-11-5-12-10(8-29-26(40)14-7-16(34)31-9-30-14)3-4-15(33)18(12)21(35)17(11)23(37)27(13,41)24(38)19(22(20)36)25(28)39/h3-4,7,9,11,13,17,19-20,33,41H,5-6,8H2,1-2H3,(H2,28,39)(H,29,40)(H,30,31,34)/t11-,13-,17?,19?,20?,27-/m1/s1. The van der Waals surface area contributed by atoms with E-state index in [-0.39, 0.29) is 30.6 Å². The molecule has 214 valence electrons. The molecule has 1 heterocycles. The summed E-state index contributed by atoms with van der Waals surface area (Å²) in [7, 11) is 3.01. The third kappa shape index (κ3) is 4.17. The molecule has 6 N–H and O–H groups in total. The van der Waals surface area contributed by atoms with Crippen LogP contribution < -0.4 is 16.6 Å². The summed E-state index contributed by atoms with van der Waals surface area (Å²) in [5.74, 6) is -12.1. The van der Waals surface area contributed by atoms with Gasteiger partial charge in [0.05, 0.1) is 23.9 Å². The van der Waals surface area contributed by atoms with Crippen molar-refractivity contribution in [3.05, 3.63) is 57.3 Å². The topological polar surface area (TPSA) is 230 Å². The number of phenolic OH excluding ortho intramolecular Hbond substituents is 1. The summed E-state index contributed by atoms with van der Waals surface area (Å²) in [6.45, 7) is -0.112. The number of Topliss-reactive ketones (excluding diaryl/α,β-unsaturated/α-hetero) is 4. The number of phenols is 1. The number of benzene rings is 1. The van der Waals surface area contributed by atoms with Gasteiger partial charge in [-0.15, -0.1) is 0 Å². The number of hydrogen-bond acceptors (Lipinski definition) is 11. The molecule has 2 saturated carbocycles. The average Bonchev–Trinajstić information content (AvgIpc) is 2.89. The number of likely N-dealkylation sites (N-methyl/N-ethyl adjacent to an activating group) is 1. The van der Waals surface area contributed by atoms with Crippen molar-refractivity contribution in [1.82, 2.24) is 20.2 Å². The van der Waals surface area contributed by atoms with Crippen LogP contribution >= 0.6 is 0 Å². The van der Waals surface area contributed by atoms with E-state index in [1.807, 2.05) is 0 Å². The second-order valence-electron chi connectivity index (χ2n) is 10.9. The van der Waals surface area contributed by atoms with Crippen LogP contribution in [0.5, 0.6) is 5.75 Å². The molecule has 0 radical (unpaired) electrons. The van der Waals surface area contributed by atoms with Crippen molar-refractivity contribution in [2.24, 2.45) is 29.4 Å². The van der Waals surface area contributed by atoms with Crippen LogP contribution in [0.1, 0.15) is 38.4 Å². The zero-order valence-corrected chi connectivity index (χ0v) is 22.0. The zero-order valence-electron chi connectivity index (χ0n) is 22.0. The SMILES string of the molecule is CN(C)C1C(=O)C(C(N)=O)C(=O)[C@]2(O)C(=O)C3C(=O)c4c(O)ccc(CNC(=O)c5cc(=O)[nH]cn5)c4C[C@@H]3C[C@H]12. The Morgan fingerprint density at radius 2 is 1.88 bits per heavy atom. The molecule has 0 spiro atoms. The number of aromatic nitrogens is 2. The number of carbonyl (C=O) groups excluding carboxylic acids is 6. The molecule has 0 aliphatic heterocycles. The van der Waals surface area contributed by atoms with Crippen molar-refractivity contribution in [3.63, 3.8) is 0 Å². The lowest BCUT2D eigenvalue weighted by atomic mass is 9.52. The number of nitrogens with two attached hydrogens (primary N) is 1. The van der Waals surface area contributed by atoms with Crippen LogP contribution in [0.4, 0.5) is 0 Å². The molecule has 41 heavy (non-hydrogen) atoms. The average molecular weight is 566 g/mol. The van der Waals surface area contributed by atoms with Gasteiger partial charge in [0.2, 0.25) is 5.91 Å². The largest absolute Gasteiger partial charge is 0.507 e. The van der Waals surface area contributed by atoms with Gasteiger partial charge in [0, 0.05) is 18.5 Å². The third-order valence-corrected chi connectivity index (χ3v) is 8.39.